The van der Waals surface area contributed by atoms with Crippen LogP contribution in [0.4, 0.5) is 4.39 Å². The highest BCUT2D eigenvalue weighted by Crippen LogP contribution is 2.23. The monoisotopic (exact) mass is 285 g/mol. The van der Waals surface area contributed by atoms with E-state index in [9.17, 15) is 9.18 Å². The van der Waals surface area contributed by atoms with Gasteiger partial charge in [-0.05, 0) is 64.0 Å². The van der Waals surface area contributed by atoms with Gasteiger partial charge in [0, 0.05) is 17.5 Å². The second-order valence-electron chi connectivity index (χ2n) is 5.28. The molecule has 1 heterocycles. The second kappa shape index (κ2) is 7.01. The van der Waals surface area contributed by atoms with Gasteiger partial charge >= 0.3 is 0 Å². The molecule has 0 unspecified atom stereocenters. The molecule has 0 N–H and O–H groups in total. The van der Waals surface area contributed by atoms with Gasteiger partial charge in [-0.1, -0.05) is 0 Å². The van der Waals surface area contributed by atoms with Gasteiger partial charge in [0.25, 0.3) is 0 Å². The molecule has 0 radical (unpaired) electrons. The molecule has 0 saturated carbocycles. The lowest BCUT2D eigenvalue weighted by molar-refractivity contribution is 0.0811. The maximum absolute atomic E-state index is 12.8. The van der Waals surface area contributed by atoms with Crippen molar-refractivity contribution in [3.05, 3.63) is 35.6 Å². The average molecular weight is 286 g/mol. The molecule has 2 rings (SSSR count). The van der Waals surface area contributed by atoms with E-state index in [-0.39, 0.29) is 29.9 Å². The van der Waals surface area contributed by atoms with E-state index in [1.807, 2.05) is 0 Å². The van der Waals surface area contributed by atoms with E-state index in [1.54, 1.807) is 12.1 Å². The van der Waals surface area contributed by atoms with E-state index in [2.05, 4.69) is 18.7 Å². The van der Waals surface area contributed by atoms with Crippen LogP contribution >= 0.6 is 12.4 Å². The Morgan fingerprint density at radius 1 is 1.21 bits per heavy atom. The van der Waals surface area contributed by atoms with Crippen LogP contribution in [0.1, 0.15) is 37.0 Å². The Kier molecular flexibility index (Phi) is 5.95. The van der Waals surface area contributed by atoms with Gasteiger partial charge in [0.2, 0.25) is 0 Å². The van der Waals surface area contributed by atoms with Crippen molar-refractivity contribution in [2.45, 2.75) is 32.7 Å². The molecule has 1 saturated heterocycles. The van der Waals surface area contributed by atoms with Gasteiger partial charge in [0.1, 0.15) is 5.82 Å². The van der Waals surface area contributed by atoms with Crippen molar-refractivity contribution in [1.29, 1.82) is 0 Å². The van der Waals surface area contributed by atoms with Crippen molar-refractivity contribution in [3.8, 4) is 0 Å². The first-order valence-corrected chi connectivity index (χ1v) is 6.62. The maximum Gasteiger partial charge on any atom is 0.166 e. The maximum atomic E-state index is 12.8. The van der Waals surface area contributed by atoms with Crippen LogP contribution in [-0.2, 0) is 0 Å². The molecule has 1 aliphatic heterocycles. The Labute approximate surface area is 120 Å². The Bertz CT molecular complexity index is 411. The molecule has 106 valence electrons. The minimum Gasteiger partial charge on any atom is -0.301 e. The molecule has 0 aromatic heterocycles. The molecule has 0 amide bonds. The Morgan fingerprint density at radius 2 is 1.74 bits per heavy atom. The zero-order chi connectivity index (χ0) is 13.1. The normalized spacial score (nSPS) is 17.3. The third kappa shape index (κ3) is 4.02. The van der Waals surface area contributed by atoms with E-state index in [0.29, 0.717) is 11.6 Å². The van der Waals surface area contributed by atoms with E-state index < -0.39 is 0 Å². The van der Waals surface area contributed by atoms with Crippen LogP contribution in [0.15, 0.2) is 24.3 Å². The molecule has 1 aromatic rings. The Morgan fingerprint density at radius 3 is 2.21 bits per heavy atom. The van der Waals surface area contributed by atoms with Gasteiger partial charge in [-0.3, -0.25) is 4.79 Å². The van der Waals surface area contributed by atoms with Crippen molar-refractivity contribution in [3.63, 3.8) is 0 Å². The number of likely N-dealkylation sites (tertiary alicyclic amines) is 1. The molecule has 1 fully saturated rings. The van der Waals surface area contributed by atoms with E-state index in [1.165, 1.54) is 12.1 Å². The topological polar surface area (TPSA) is 20.3 Å². The highest BCUT2D eigenvalue weighted by Gasteiger charge is 2.26. The van der Waals surface area contributed by atoms with Crippen LogP contribution in [0.2, 0.25) is 0 Å². The Balaban J connectivity index is 0.00000180. The lowest BCUT2D eigenvalue weighted by atomic mass is 9.88. The number of nitrogens with zero attached hydrogens (tertiary/aromatic N) is 1. The first kappa shape index (κ1) is 16.1. The molecular weight excluding hydrogens is 265 g/mol. The zero-order valence-electron chi connectivity index (χ0n) is 11.4. The fourth-order valence-electron chi connectivity index (χ4n) is 2.53. The molecule has 0 spiro atoms. The molecular formula is C15H21ClFNO. The summed E-state index contributed by atoms with van der Waals surface area (Å²) in [7, 11) is 0. The number of piperidine rings is 1. The van der Waals surface area contributed by atoms with Gasteiger partial charge < -0.3 is 4.90 Å². The van der Waals surface area contributed by atoms with Crippen LogP contribution in [0.5, 0.6) is 0 Å². The fourth-order valence-corrected chi connectivity index (χ4v) is 2.53. The molecule has 0 aliphatic carbocycles. The highest BCUT2D eigenvalue weighted by atomic mass is 35.5. The second-order valence-corrected chi connectivity index (χ2v) is 5.28. The molecule has 19 heavy (non-hydrogen) atoms. The summed E-state index contributed by atoms with van der Waals surface area (Å²) in [6.45, 7) is 6.33. The first-order chi connectivity index (χ1) is 8.58. The van der Waals surface area contributed by atoms with Gasteiger partial charge in [-0.2, -0.15) is 0 Å². The summed E-state index contributed by atoms with van der Waals surface area (Å²) in [6, 6.07) is 6.44. The Hall–Kier alpha value is -0.930. The van der Waals surface area contributed by atoms with Gasteiger partial charge in [-0.15, -0.1) is 12.4 Å². The van der Waals surface area contributed by atoms with Gasteiger partial charge in [0.15, 0.2) is 5.78 Å². The number of hydrogen-bond acceptors (Lipinski definition) is 2. The summed E-state index contributed by atoms with van der Waals surface area (Å²) in [6.07, 6.45) is 1.82. The minimum absolute atomic E-state index is 0. The van der Waals surface area contributed by atoms with Gasteiger partial charge in [0.05, 0.1) is 0 Å². The predicted molar refractivity (Wildman–Crippen MR) is 77.4 cm³/mol. The van der Waals surface area contributed by atoms with Crippen molar-refractivity contribution in [2.24, 2.45) is 5.92 Å². The van der Waals surface area contributed by atoms with Gasteiger partial charge in [-0.25, -0.2) is 4.39 Å². The summed E-state index contributed by atoms with van der Waals surface area (Å²) in [5, 5.41) is 0. The summed E-state index contributed by atoms with van der Waals surface area (Å²) in [5.41, 5.74) is 0.638. The summed E-state index contributed by atoms with van der Waals surface area (Å²) in [4.78, 5) is 14.6. The smallest absolute Gasteiger partial charge is 0.166 e. The fraction of sp³-hybridized carbons (Fsp3) is 0.533. The minimum atomic E-state index is -0.291. The number of halogens is 2. The summed E-state index contributed by atoms with van der Waals surface area (Å²) < 4.78 is 12.8. The number of hydrogen-bond donors (Lipinski definition) is 0. The lowest BCUT2D eigenvalue weighted by Gasteiger charge is -2.34. The molecule has 1 aliphatic rings. The van der Waals surface area contributed by atoms with E-state index in [0.717, 1.165) is 25.9 Å². The predicted octanol–water partition coefficient (Wildman–Crippen LogP) is 3.55. The molecule has 2 nitrogen and oxygen atoms in total. The number of carbonyl (C=O) groups is 1. The quantitative estimate of drug-likeness (QED) is 0.792. The average Bonchev–Trinajstić information content (AvgIpc) is 2.39. The van der Waals surface area contributed by atoms with Crippen molar-refractivity contribution in [2.75, 3.05) is 13.1 Å². The van der Waals surface area contributed by atoms with Crippen LogP contribution in [-0.4, -0.2) is 29.8 Å². The van der Waals surface area contributed by atoms with E-state index >= 15 is 0 Å². The van der Waals surface area contributed by atoms with Crippen LogP contribution in [0.3, 0.4) is 0 Å². The molecule has 1 aromatic carbocycles. The van der Waals surface area contributed by atoms with Crippen molar-refractivity contribution < 1.29 is 9.18 Å². The number of ketones is 1. The number of rotatable bonds is 3. The number of carbonyl (C=O) groups excluding carboxylic acids is 1. The lowest BCUT2D eigenvalue weighted by Crippen LogP contribution is -2.40. The third-order valence-corrected chi connectivity index (χ3v) is 3.76. The SMILES string of the molecule is CC(C)N1CCC(C(=O)c2ccc(F)cc2)CC1.Cl. The summed E-state index contributed by atoms with van der Waals surface area (Å²) in [5.74, 6) is -0.0231. The third-order valence-electron chi connectivity index (χ3n) is 3.76. The largest absolute Gasteiger partial charge is 0.301 e. The number of benzene rings is 1. The molecule has 0 atom stereocenters. The zero-order valence-corrected chi connectivity index (χ0v) is 12.3. The van der Waals surface area contributed by atoms with Crippen LogP contribution < -0.4 is 0 Å². The first-order valence-electron chi connectivity index (χ1n) is 6.62. The van der Waals surface area contributed by atoms with Crippen LogP contribution in [0.25, 0.3) is 0 Å². The van der Waals surface area contributed by atoms with E-state index in [4.69, 9.17) is 0 Å². The molecule has 0 bridgehead atoms. The van der Waals surface area contributed by atoms with Crippen LogP contribution in [0, 0.1) is 11.7 Å². The highest BCUT2D eigenvalue weighted by molar-refractivity contribution is 5.97. The van der Waals surface area contributed by atoms with Crippen molar-refractivity contribution >= 4 is 18.2 Å². The van der Waals surface area contributed by atoms with Crippen molar-refractivity contribution in [1.82, 2.24) is 4.90 Å². The molecule has 4 heteroatoms. The number of Topliss-reactive ketones (excluding diaryl/α,β-unsaturated/α-hetero) is 1. The summed E-state index contributed by atoms with van der Waals surface area (Å²) >= 11 is 0. The standard InChI is InChI=1S/C15H20FNO.ClH/c1-11(2)17-9-7-13(8-10-17)15(18)12-3-5-14(16)6-4-12;/h3-6,11,13H,7-10H2,1-2H3;1H.